The topological polar surface area (TPSA) is 72.2 Å². The van der Waals surface area contributed by atoms with Gasteiger partial charge in [0.2, 0.25) is 10.0 Å². The minimum atomic E-state index is -3.44. The lowest BCUT2D eigenvalue weighted by atomic mass is 9.98. The lowest BCUT2D eigenvalue weighted by molar-refractivity contribution is 0.402. The largest absolute Gasteiger partial charge is 0.326 e. The summed E-state index contributed by atoms with van der Waals surface area (Å²) in [6, 6.07) is 5.18. The number of nitrogens with two attached hydrogens (primary N) is 1. The van der Waals surface area contributed by atoms with Crippen molar-refractivity contribution in [3.05, 3.63) is 29.3 Å². The highest BCUT2D eigenvalue weighted by Gasteiger charge is 2.33. The van der Waals surface area contributed by atoms with Gasteiger partial charge < -0.3 is 5.73 Å². The summed E-state index contributed by atoms with van der Waals surface area (Å²) in [6.45, 7) is 6.62. The van der Waals surface area contributed by atoms with Crippen LogP contribution in [0.2, 0.25) is 0 Å². The van der Waals surface area contributed by atoms with Gasteiger partial charge in [-0.25, -0.2) is 13.1 Å². The first kappa shape index (κ1) is 15.5. The predicted octanol–water partition coefficient (Wildman–Crippen LogP) is 2.17. The summed E-state index contributed by atoms with van der Waals surface area (Å²) in [7, 11) is -3.44. The van der Waals surface area contributed by atoms with Crippen LogP contribution in [0.3, 0.4) is 0 Å². The maximum atomic E-state index is 12.4. The molecule has 1 aliphatic rings. The fraction of sp³-hybridized carbons (Fsp3) is 0.600. The second kappa shape index (κ2) is 5.84. The number of nitrogens with one attached hydrogen (secondary N) is 1. The van der Waals surface area contributed by atoms with Crippen molar-refractivity contribution in [2.45, 2.75) is 51.1 Å². The Morgan fingerprint density at radius 2 is 2.00 bits per heavy atom. The van der Waals surface area contributed by atoms with Crippen molar-refractivity contribution in [1.29, 1.82) is 0 Å². The van der Waals surface area contributed by atoms with Crippen molar-refractivity contribution < 1.29 is 8.42 Å². The summed E-state index contributed by atoms with van der Waals surface area (Å²) in [6.07, 6.45) is 2.00. The Kier molecular flexibility index (Phi) is 4.52. The molecule has 1 aliphatic carbocycles. The van der Waals surface area contributed by atoms with Gasteiger partial charge in [0, 0.05) is 12.6 Å². The lowest BCUT2D eigenvalue weighted by Crippen LogP contribution is -2.37. The van der Waals surface area contributed by atoms with Crippen LogP contribution in [-0.2, 0) is 16.6 Å². The Hall–Kier alpha value is -0.910. The fourth-order valence-electron chi connectivity index (χ4n) is 2.86. The molecule has 0 amide bonds. The van der Waals surface area contributed by atoms with E-state index in [9.17, 15) is 8.42 Å². The summed E-state index contributed by atoms with van der Waals surface area (Å²) < 4.78 is 27.8. The van der Waals surface area contributed by atoms with Crippen LogP contribution in [-0.4, -0.2) is 14.5 Å². The van der Waals surface area contributed by atoms with Crippen molar-refractivity contribution in [1.82, 2.24) is 4.72 Å². The third-order valence-electron chi connectivity index (χ3n) is 4.62. The molecule has 3 atom stereocenters. The monoisotopic (exact) mass is 296 g/mol. The first-order chi connectivity index (χ1) is 9.35. The van der Waals surface area contributed by atoms with Gasteiger partial charge in [0.1, 0.15) is 0 Å². The van der Waals surface area contributed by atoms with Crippen molar-refractivity contribution in [3.63, 3.8) is 0 Å². The molecule has 1 aromatic carbocycles. The average molecular weight is 296 g/mol. The Balaban J connectivity index is 2.20. The molecular weight excluding hydrogens is 272 g/mol. The molecule has 1 aromatic rings. The van der Waals surface area contributed by atoms with Gasteiger partial charge in [0.15, 0.2) is 0 Å². The van der Waals surface area contributed by atoms with E-state index in [1.54, 1.807) is 18.2 Å². The van der Waals surface area contributed by atoms with Crippen molar-refractivity contribution in [2.24, 2.45) is 17.6 Å². The zero-order chi connectivity index (χ0) is 14.9. The molecule has 0 spiro atoms. The van der Waals surface area contributed by atoms with Gasteiger partial charge >= 0.3 is 0 Å². The number of rotatable bonds is 4. The summed E-state index contributed by atoms with van der Waals surface area (Å²) in [4.78, 5) is 0.332. The van der Waals surface area contributed by atoms with E-state index < -0.39 is 10.0 Å². The molecule has 0 saturated heterocycles. The van der Waals surface area contributed by atoms with E-state index in [0.29, 0.717) is 23.3 Å². The normalized spacial score (nSPS) is 26.9. The third-order valence-corrected chi connectivity index (χ3v) is 6.10. The zero-order valence-corrected chi connectivity index (χ0v) is 13.2. The molecule has 20 heavy (non-hydrogen) atoms. The van der Waals surface area contributed by atoms with E-state index >= 15 is 0 Å². The van der Waals surface area contributed by atoms with Gasteiger partial charge in [-0.15, -0.1) is 0 Å². The maximum Gasteiger partial charge on any atom is 0.240 e. The third kappa shape index (κ3) is 3.05. The summed E-state index contributed by atoms with van der Waals surface area (Å²) in [5.41, 5.74) is 7.51. The Morgan fingerprint density at radius 3 is 2.50 bits per heavy atom. The molecule has 2 rings (SSSR count). The summed E-state index contributed by atoms with van der Waals surface area (Å²) in [5.74, 6) is 0.957. The lowest BCUT2D eigenvalue weighted by Gasteiger charge is -2.20. The van der Waals surface area contributed by atoms with Crippen molar-refractivity contribution >= 4 is 10.0 Å². The van der Waals surface area contributed by atoms with Crippen LogP contribution < -0.4 is 10.5 Å². The SMILES string of the molecule is Cc1cc(S(=O)(=O)NC2CCC(C)C2C)ccc1CN. The first-order valence-corrected chi connectivity index (χ1v) is 8.65. The average Bonchev–Trinajstić information content (AvgIpc) is 2.70. The Labute approximate surface area is 121 Å². The van der Waals surface area contributed by atoms with E-state index in [-0.39, 0.29) is 6.04 Å². The molecule has 5 heteroatoms. The number of sulfonamides is 1. The van der Waals surface area contributed by atoms with E-state index in [2.05, 4.69) is 18.6 Å². The predicted molar refractivity (Wildman–Crippen MR) is 80.7 cm³/mol. The first-order valence-electron chi connectivity index (χ1n) is 7.17. The number of hydrogen-bond donors (Lipinski definition) is 2. The molecule has 0 radical (unpaired) electrons. The smallest absolute Gasteiger partial charge is 0.240 e. The highest BCUT2D eigenvalue weighted by Crippen LogP contribution is 2.32. The van der Waals surface area contributed by atoms with Gasteiger partial charge in [-0.3, -0.25) is 0 Å². The van der Waals surface area contributed by atoms with Gasteiger partial charge in [-0.2, -0.15) is 0 Å². The maximum absolute atomic E-state index is 12.4. The second-order valence-electron chi connectivity index (χ2n) is 5.93. The van der Waals surface area contributed by atoms with Crippen LogP contribution in [0.15, 0.2) is 23.1 Å². The molecule has 0 aromatic heterocycles. The molecular formula is C15H24N2O2S. The Morgan fingerprint density at radius 1 is 1.30 bits per heavy atom. The molecule has 3 N–H and O–H groups in total. The van der Waals surface area contributed by atoms with E-state index in [1.807, 2.05) is 6.92 Å². The second-order valence-corrected chi connectivity index (χ2v) is 7.65. The van der Waals surface area contributed by atoms with Crippen LogP contribution in [0.5, 0.6) is 0 Å². The molecule has 4 nitrogen and oxygen atoms in total. The van der Waals surface area contributed by atoms with E-state index in [0.717, 1.165) is 24.0 Å². The van der Waals surface area contributed by atoms with Crippen LogP contribution in [0, 0.1) is 18.8 Å². The number of aryl methyl sites for hydroxylation is 1. The molecule has 0 heterocycles. The van der Waals surface area contributed by atoms with Gasteiger partial charge in [0.05, 0.1) is 4.90 Å². The van der Waals surface area contributed by atoms with Crippen LogP contribution in [0.4, 0.5) is 0 Å². The van der Waals surface area contributed by atoms with Gasteiger partial charge in [-0.05, 0) is 54.9 Å². The van der Waals surface area contributed by atoms with Gasteiger partial charge in [0.25, 0.3) is 0 Å². The molecule has 0 bridgehead atoms. The number of hydrogen-bond acceptors (Lipinski definition) is 3. The van der Waals surface area contributed by atoms with Crippen molar-refractivity contribution in [2.75, 3.05) is 0 Å². The van der Waals surface area contributed by atoms with Crippen LogP contribution in [0.25, 0.3) is 0 Å². The highest BCUT2D eigenvalue weighted by atomic mass is 32.2. The van der Waals surface area contributed by atoms with Crippen LogP contribution >= 0.6 is 0 Å². The molecule has 3 unspecified atom stereocenters. The molecule has 1 fully saturated rings. The minimum Gasteiger partial charge on any atom is -0.326 e. The molecule has 112 valence electrons. The highest BCUT2D eigenvalue weighted by molar-refractivity contribution is 7.89. The van der Waals surface area contributed by atoms with Gasteiger partial charge in [-0.1, -0.05) is 19.9 Å². The number of benzene rings is 1. The standard InChI is InChI=1S/C15H24N2O2S/c1-10-4-7-15(12(10)3)17-20(18,19)14-6-5-13(9-16)11(2)8-14/h5-6,8,10,12,15,17H,4,7,9,16H2,1-3H3. The van der Waals surface area contributed by atoms with E-state index in [1.165, 1.54) is 0 Å². The summed E-state index contributed by atoms with van der Waals surface area (Å²) in [5, 5.41) is 0. The zero-order valence-electron chi connectivity index (χ0n) is 12.4. The van der Waals surface area contributed by atoms with E-state index in [4.69, 9.17) is 5.73 Å². The molecule has 0 aliphatic heterocycles. The molecule has 1 saturated carbocycles. The van der Waals surface area contributed by atoms with Crippen LogP contribution in [0.1, 0.15) is 37.8 Å². The Bertz CT molecular complexity index is 584. The quantitative estimate of drug-likeness (QED) is 0.894. The van der Waals surface area contributed by atoms with Crippen molar-refractivity contribution in [3.8, 4) is 0 Å². The fourth-order valence-corrected chi connectivity index (χ4v) is 4.31. The minimum absolute atomic E-state index is 0.0458. The summed E-state index contributed by atoms with van der Waals surface area (Å²) >= 11 is 0.